The first-order chi connectivity index (χ1) is 4.60. The molecule has 1 saturated heterocycles. The Morgan fingerprint density at radius 2 is 1.70 bits per heavy atom. The molecular weight excluding hydrogens is 124 g/mol. The number of fused-ring (bicyclic) bond motifs is 1. The zero-order chi connectivity index (χ0) is 7.41. The van der Waals surface area contributed by atoms with Crippen LogP contribution in [-0.4, -0.2) is 25.1 Å². The summed E-state index contributed by atoms with van der Waals surface area (Å²) in [4.78, 5) is 0. The van der Waals surface area contributed by atoms with Crippen molar-refractivity contribution in [3.63, 3.8) is 0 Å². The highest BCUT2D eigenvalue weighted by Gasteiger charge is 2.65. The van der Waals surface area contributed by atoms with Crippen molar-refractivity contribution in [2.24, 2.45) is 10.8 Å². The van der Waals surface area contributed by atoms with E-state index in [0.717, 1.165) is 0 Å². The number of hydrogen-bond acceptors (Lipinski definition) is 2. The zero-order valence-corrected chi connectivity index (χ0v) is 7.07. The second-order valence-electron chi connectivity index (χ2n) is 4.38. The smallest absolute Gasteiger partial charge is 0.0191 e. The number of hydrogen-bond donors (Lipinski definition) is 1. The van der Waals surface area contributed by atoms with Gasteiger partial charge in [0.05, 0.1) is 0 Å². The van der Waals surface area contributed by atoms with Crippen LogP contribution in [0.2, 0.25) is 0 Å². The number of nitrogens with zero attached hydrogens (tertiary/aromatic N) is 1. The molecule has 0 aromatic heterocycles. The lowest BCUT2D eigenvalue weighted by Gasteiger charge is -2.17. The minimum absolute atomic E-state index is 0.635. The van der Waals surface area contributed by atoms with Crippen LogP contribution < -0.4 is 5.43 Å². The lowest BCUT2D eigenvalue weighted by atomic mass is 10.0. The maximum Gasteiger partial charge on any atom is 0.0191 e. The van der Waals surface area contributed by atoms with Crippen molar-refractivity contribution < 1.29 is 0 Å². The van der Waals surface area contributed by atoms with Crippen LogP contribution in [0.15, 0.2) is 0 Å². The van der Waals surface area contributed by atoms with Crippen LogP contribution in [0, 0.1) is 10.8 Å². The van der Waals surface area contributed by atoms with Gasteiger partial charge in [0.2, 0.25) is 0 Å². The maximum absolute atomic E-state index is 3.21. The number of nitrogens with one attached hydrogen (secondary N) is 1. The molecule has 0 aromatic rings. The summed E-state index contributed by atoms with van der Waals surface area (Å²) in [5, 5.41) is 2.32. The predicted octanol–water partition coefficient (Wildman–Crippen LogP) is 0.853. The van der Waals surface area contributed by atoms with E-state index in [2.05, 4.69) is 24.3 Å². The molecule has 1 aliphatic heterocycles. The van der Waals surface area contributed by atoms with Gasteiger partial charge in [0.25, 0.3) is 0 Å². The van der Waals surface area contributed by atoms with E-state index in [0.29, 0.717) is 10.8 Å². The lowest BCUT2D eigenvalue weighted by Crippen LogP contribution is -2.35. The fraction of sp³-hybridized carbons (Fsp3) is 1.00. The van der Waals surface area contributed by atoms with Crippen LogP contribution in [0.1, 0.15) is 20.3 Å². The quantitative estimate of drug-likeness (QED) is 0.581. The van der Waals surface area contributed by atoms with E-state index in [-0.39, 0.29) is 0 Å². The molecule has 1 heterocycles. The summed E-state index contributed by atoms with van der Waals surface area (Å²) in [6.07, 6.45) is 1.43. The largest absolute Gasteiger partial charge is 0.258 e. The molecule has 2 heteroatoms. The Bertz CT molecular complexity index is 153. The van der Waals surface area contributed by atoms with Gasteiger partial charge < -0.3 is 0 Å². The molecule has 0 spiro atoms. The third-order valence-corrected chi connectivity index (χ3v) is 3.51. The van der Waals surface area contributed by atoms with Gasteiger partial charge in [-0.2, -0.15) is 0 Å². The summed E-state index contributed by atoms with van der Waals surface area (Å²) in [7, 11) is 2.01. The Morgan fingerprint density at radius 3 is 2.00 bits per heavy atom. The van der Waals surface area contributed by atoms with Crippen molar-refractivity contribution in [1.29, 1.82) is 0 Å². The molecule has 2 atom stereocenters. The van der Waals surface area contributed by atoms with Gasteiger partial charge in [0, 0.05) is 13.1 Å². The van der Waals surface area contributed by atoms with Crippen molar-refractivity contribution in [1.82, 2.24) is 10.4 Å². The van der Waals surface area contributed by atoms with Crippen molar-refractivity contribution in [2.45, 2.75) is 20.3 Å². The van der Waals surface area contributed by atoms with Crippen LogP contribution >= 0.6 is 0 Å². The summed E-state index contributed by atoms with van der Waals surface area (Å²) in [6.45, 7) is 7.26. The van der Waals surface area contributed by atoms with Crippen LogP contribution in [0.3, 0.4) is 0 Å². The van der Waals surface area contributed by atoms with Crippen LogP contribution in [0.25, 0.3) is 0 Å². The normalized spacial score (nSPS) is 53.1. The summed E-state index contributed by atoms with van der Waals surface area (Å²) in [5.41, 5.74) is 4.48. The third-order valence-electron chi connectivity index (χ3n) is 3.51. The topological polar surface area (TPSA) is 15.3 Å². The van der Waals surface area contributed by atoms with Gasteiger partial charge in [-0.3, -0.25) is 5.43 Å². The molecule has 0 aromatic carbocycles. The highest BCUT2D eigenvalue weighted by molar-refractivity contribution is 5.15. The molecule has 10 heavy (non-hydrogen) atoms. The molecule has 2 nitrogen and oxygen atoms in total. The van der Waals surface area contributed by atoms with Gasteiger partial charge in [-0.15, -0.1) is 0 Å². The molecule has 1 saturated carbocycles. The number of piperidine rings is 1. The van der Waals surface area contributed by atoms with Crippen molar-refractivity contribution in [3.8, 4) is 0 Å². The molecule has 2 unspecified atom stereocenters. The average Bonchev–Trinajstić information content (AvgIpc) is 2.24. The molecule has 0 amide bonds. The molecule has 1 aliphatic carbocycles. The average molecular weight is 140 g/mol. The SMILES string of the molecule is CNN1CC2(C)CC2(C)C1. The second kappa shape index (κ2) is 1.56. The highest BCUT2D eigenvalue weighted by atomic mass is 15.5. The van der Waals surface area contributed by atoms with Crippen LogP contribution in [-0.2, 0) is 0 Å². The van der Waals surface area contributed by atoms with E-state index in [1.807, 2.05) is 7.05 Å². The number of rotatable bonds is 1. The predicted molar refractivity (Wildman–Crippen MR) is 41.5 cm³/mol. The standard InChI is InChI=1S/C8H16N2/c1-7-4-8(7,2)6-10(5-7)9-3/h9H,4-6H2,1-3H3. The monoisotopic (exact) mass is 140 g/mol. The van der Waals surface area contributed by atoms with Gasteiger partial charge in [-0.25, -0.2) is 5.01 Å². The fourth-order valence-corrected chi connectivity index (χ4v) is 2.37. The Hall–Kier alpha value is -0.0800. The molecule has 1 N–H and O–H groups in total. The minimum atomic E-state index is 0.635. The summed E-state index contributed by atoms with van der Waals surface area (Å²) < 4.78 is 0. The van der Waals surface area contributed by atoms with Crippen LogP contribution in [0.4, 0.5) is 0 Å². The maximum atomic E-state index is 3.21. The third kappa shape index (κ3) is 0.611. The van der Waals surface area contributed by atoms with Crippen molar-refractivity contribution >= 4 is 0 Å². The van der Waals surface area contributed by atoms with Crippen molar-refractivity contribution in [2.75, 3.05) is 20.1 Å². The van der Waals surface area contributed by atoms with E-state index in [1.165, 1.54) is 19.5 Å². The summed E-state index contributed by atoms with van der Waals surface area (Å²) >= 11 is 0. The second-order valence-corrected chi connectivity index (χ2v) is 4.38. The molecule has 58 valence electrons. The van der Waals surface area contributed by atoms with E-state index in [4.69, 9.17) is 0 Å². The first-order valence-corrected chi connectivity index (χ1v) is 4.02. The van der Waals surface area contributed by atoms with Gasteiger partial charge in [-0.05, 0) is 24.3 Å². The molecule has 0 bridgehead atoms. The van der Waals surface area contributed by atoms with Gasteiger partial charge in [0.15, 0.2) is 0 Å². The van der Waals surface area contributed by atoms with Gasteiger partial charge >= 0.3 is 0 Å². The Morgan fingerprint density at radius 1 is 1.20 bits per heavy atom. The van der Waals surface area contributed by atoms with Gasteiger partial charge in [0.1, 0.15) is 0 Å². The summed E-state index contributed by atoms with van der Waals surface area (Å²) in [5.74, 6) is 0. The van der Waals surface area contributed by atoms with Crippen LogP contribution in [0.5, 0.6) is 0 Å². The number of hydrazine groups is 1. The van der Waals surface area contributed by atoms with Gasteiger partial charge in [-0.1, -0.05) is 13.8 Å². The van der Waals surface area contributed by atoms with E-state index in [9.17, 15) is 0 Å². The van der Waals surface area contributed by atoms with E-state index in [1.54, 1.807) is 0 Å². The molecule has 2 rings (SSSR count). The molecular formula is C8H16N2. The highest BCUT2D eigenvalue weighted by Crippen LogP contribution is 2.67. The summed E-state index contributed by atoms with van der Waals surface area (Å²) in [6, 6.07) is 0. The van der Waals surface area contributed by atoms with Crippen molar-refractivity contribution in [3.05, 3.63) is 0 Å². The lowest BCUT2D eigenvalue weighted by molar-refractivity contribution is 0.212. The molecule has 0 radical (unpaired) electrons. The molecule has 2 fully saturated rings. The first-order valence-electron chi connectivity index (χ1n) is 4.02. The Balaban J connectivity index is 2.09. The fourth-order valence-electron chi connectivity index (χ4n) is 2.37. The van der Waals surface area contributed by atoms with E-state index >= 15 is 0 Å². The Kier molecular flexibility index (Phi) is 1.03. The molecule has 2 aliphatic rings. The first kappa shape index (κ1) is 6.62. The minimum Gasteiger partial charge on any atom is -0.258 e. The Labute approximate surface area is 62.6 Å². The zero-order valence-electron chi connectivity index (χ0n) is 7.07. The van der Waals surface area contributed by atoms with E-state index < -0.39 is 0 Å².